The Labute approximate surface area is 326 Å². The number of nitrogens with zero attached hydrogens (tertiary/aromatic N) is 1. The zero-order valence-electron chi connectivity index (χ0n) is 33.8. The van der Waals surface area contributed by atoms with Crippen LogP contribution in [0.25, 0.3) is 0 Å². The number of allylic oxidation sites excluding steroid dienone is 4. The van der Waals surface area contributed by atoms with E-state index in [4.69, 9.17) is 9.47 Å². The van der Waals surface area contributed by atoms with E-state index in [9.17, 15) is 33.6 Å². The molecule has 2 fully saturated rings. The summed E-state index contributed by atoms with van der Waals surface area (Å²) >= 11 is 0. The molecule has 3 aliphatic rings. The van der Waals surface area contributed by atoms with E-state index in [0.717, 1.165) is 12.8 Å². The van der Waals surface area contributed by atoms with Gasteiger partial charge in [0.15, 0.2) is 11.6 Å². The molecule has 55 heavy (non-hydrogen) atoms. The van der Waals surface area contributed by atoms with Gasteiger partial charge in [0.1, 0.15) is 12.1 Å². The standard InChI is InChI=1S/C41H63N5O9/c1-25(2)23-31(44-41(53)55-24-30-18-19-30)13-10-17-35(47)46-21-11-16-34(46)39(51)45-33(38(50)43-26(3)4)15-8-9-20-42-40(52)54-22-12-14-32-29(7)36(48)27(5)28(6)37(32)49/h10,13,25-26,30-31,33-34H,8-9,11-12,14-24H2,1-7H3,(H,42,52)(H,43,50)(H,44,53)(H,45,51)/b13-10+. The maximum absolute atomic E-state index is 13.5. The van der Waals surface area contributed by atoms with Crippen LogP contribution in [-0.2, 0) is 33.4 Å². The first-order valence-corrected chi connectivity index (χ1v) is 20.0. The molecule has 2 aliphatic carbocycles. The Hall–Kier alpha value is -4.49. The van der Waals surface area contributed by atoms with Crippen LogP contribution in [0, 0.1) is 11.8 Å². The first kappa shape index (κ1) is 44.9. The fourth-order valence-electron chi connectivity index (χ4n) is 6.66. The van der Waals surface area contributed by atoms with Crippen molar-refractivity contribution in [1.82, 2.24) is 26.2 Å². The summed E-state index contributed by atoms with van der Waals surface area (Å²) in [5.74, 6) is -0.416. The van der Waals surface area contributed by atoms with E-state index in [1.807, 2.05) is 19.9 Å². The molecule has 14 heteroatoms. The van der Waals surface area contributed by atoms with Crippen LogP contribution in [0.15, 0.2) is 34.4 Å². The van der Waals surface area contributed by atoms with Crippen molar-refractivity contribution in [3.63, 3.8) is 0 Å². The highest BCUT2D eigenvalue weighted by atomic mass is 16.6. The van der Waals surface area contributed by atoms with Crippen LogP contribution in [-0.4, -0.2) is 96.8 Å². The van der Waals surface area contributed by atoms with Crippen molar-refractivity contribution >= 4 is 41.5 Å². The smallest absolute Gasteiger partial charge is 0.407 e. The van der Waals surface area contributed by atoms with E-state index in [2.05, 4.69) is 35.1 Å². The van der Waals surface area contributed by atoms with Crippen LogP contribution in [0.3, 0.4) is 0 Å². The van der Waals surface area contributed by atoms with Gasteiger partial charge in [0, 0.05) is 47.8 Å². The highest BCUT2D eigenvalue weighted by Gasteiger charge is 2.35. The SMILES string of the molecule is CC1=C(C)C(=O)C(CCCOC(=O)NCCCCC(NC(=O)C2CCCN2C(=O)C/C=C/C(CC(C)C)NC(=O)OCC2CC2)C(=O)NC(C)C)=C(C)C1=O. The molecule has 3 unspecified atom stereocenters. The van der Waals surface area contributed by atoms with Crippen LogP contribution in [0.2, 0.25) is 0 Å². The number of ketones is 2. The number of rotatable bonds is 21. The molecule has 5 amide bonds. The quantitative estimate of drug-likeness (QED) is 0.0710. The minimum absolute atomic E-state index is 0.0688. The van der Waals surface area contributed by atoms with E-state index in [1.54, 1.807) is 31.7 Å². The van der Waals surface area contributed by atoms with E-state index in [1.165, 1.54) is 0 Å². The first-order chi connectivity index (χ1) is 26.1. The number of amides is 5. The average molecular weight is 770 g/mol. The molecule has 0 aromatic rings. The van der Waals surface area contributed by atoms with Crippen LogP contribution in [0.4, 0.5) is 9.59 Å². The van der Waals surface area contributed by atoms with Gasteiger partial charge in [-0.15, -0.1) is 0 Å². The zero-order valence-corrected chi connectivity index (χ0v) is 33.8. The van der Waals surface area contributed by atoms with Crippen molar-refractivity contribution in [2.45, 2.75) is 143 Å². The molecular formula is C41H63N5O9. The average Bonchev–Trinajstić information content (AvgIpc) is 3.83. The summed E-state index contributed by atoms with van der Waals surface area (Å²) in [6.45, 7) is 13.9. The van der Waals surface area contributed by atoms with E-state index < -0.39 is 24.3 Å². The molecule has 14 nitrogen and oxygen atoms in total. The molecular weight excluding hydrogens is 706 g/mol. The number of ether oxygens (including phenoxy) is 2. The number of unbranched alkanes of at least 4 members (excludes halogenated alkanes) is 1. The number of nitrogens with one attached hydrogen (secondary N) is 4. The van der Waals surface area contributed by atoms with Gasteiger partial charge in [-0.1, -0.05) is 26.0 Å². The number of likely N-dealkylation sites (tertiary alicyclic amines) is 1. The summed E-state index contributed by atoms with van der Waals surface area (Å²) in [5.41, 5.74) is 1.82. The highest BCUT2D eigenvalue weighted by Crippen LogP contribution is 2.29. The molecule has 1 heterocycles. The fourth-order valence-corrected chi connectivity index (χ4v) is 6.66. The highest BCUT2D eigenvalue weighted by molar-refractivity contribution is 6.24. The number of alkyl carbamates (subject to hydrolysis) is 2. The fraction of sp³-hybridized carbons (Fsp3) is 0.683. The lowest BCUT2D eigenvalue weighted by molar-refractivity contribution is -0.139. The van der Waals surface area contributed by atoms with Crippen LogP contribution in [0.1, 0.15) is 119 Å². The van der Waals surface area contributed by atoms with Gasteiger partial charge >= 0.3 is 12.2 Å². The Kier molecular flexibility index (Phi) is 18.1. The third-order valence-corrected chi connectivity index (χ3v) is 10.1. The number of carbonyl (C=O) groups is 7. The lowest BCUT2D eigenvalue weighted by atomic mass is 9.84. The Bertz CT molecular complexity index is 1510. The lowest BCUT2D eigenvalue weighted by Gasteiger charge is -2.26. The Morgan fingerprint density at radius 3 is 2.22 bits per heavy atom. The van der Waals surface area contributed by atoms with Gasteiger partial charge in [0.2, 0.25) is 17.7 Å². The molecule has 1 saturated heterocycles. The van der Waals surface area contributed by atoms with Gasteiger partial charge in [-0.3, -0.25) is 24.0 Å². The molecule has 1 saturated carbocycles. The Morgan fingerprint density at radius 2 is 1.55 bits per heavy atom. The third kappa shape index (κ3) is 14.9. The minimum atomic E-state index is -0.823. The van der Waals surface area contributed by atoms with Crippen LogP contribution < -0.4 is 21.3 Å². The second-order valence-corrected chi connectivity index (χ2v) is 15.7. The van der Waals surface area contributed by atoms with Crippen molar-refractivity contribution in [1.29, 1.82) is 0 Å². The topological polar surface area (TPSA) is 189 Å². The summed E-state index contributed by atoms with van der Waals surface area (Å²) in [6, 6.07) is -1.95. The van der Waals surface area contributed by atoms with Gasteiger partial charge < -0.3 is 35.6 Å². The second kappa shape index (κ2) is 22.2. The zero-order chi connectivity index (χ0) is 40.7. The second-order valence-electron chi connectivity index (χ2n) is 15.7. The van der Waals surface area contributed by atoms with Crippen molar-refractivity contribution in [3.8, 4) is 0 Å². The molecule has 0 spiro atoms. The van der Waals surface area contributed by atoms with E-state index in [0.29, 0.717) is 105 Å². The molecule has 0 aromatic heterocycles. The lowest BCUT2D eigenvalue weighted by Crippen LogP contribution is -2.53. The molecule has 3 rings (SSSR count). The number of hydrogen-bond donors (Lipinski definition) is 4. The van der Waals surface area contributed by atoms with Crippen LogP contribution >= 0.6 is 0 Å². The Morgan fingerprint density at radius 1 is 0.836 bits per heavy atom. The largest absolute Gasteiger partial charge is 0.450 e. The van der Waals surface area contributed by atoms with Crippen molar-refractivity contribution < 1.29 is 43.0 Å². The molecule has 0 radical (unpaired) electrons. The molecule has 1 aliphatic heterocycles. The summed E-state index contributed by atoms with van der Waals surface area (Å²) in [4.78, 5) is 90.9. The predicted octanol–water partition coefficient (Wildman–Crippen LogP) is 4.97. The first-order valence-electron chi connectivity index (χ1n) is 20.0. The number of Topliss-reactive ketones (excluding diaryl/α,β-unsaturated/α-hetero) is 2. The Balaban J connectivity index is 1.43. The molecule has 0 bridgehead atoms. The van der Waals surface area contributed by atoms with Gasteiger partial charge in [-0.2, -0.15) is 0 Å². The third-order valence-electron chi connectivity index (χ3n) is 10.1. The van der Waals surface area contributed by atoms with Gasteiger partial charge in [0.25, 0.3) is 0 Å². The van der Waals surface area contributed by atoms with E-state index in [-0.39, 0.29) is 54.4 Å². The molecule has 3 atom stereocenters. The summed E-state index contributed by atoms with van der Waals surface area (Å²) < 4.78 is 10.6. The van der Waals surface area contributed by atoms with Gasteiger partial charge in [-0.05, 0) is 111 Å². The predicted molar refractivity (Wildman–Crippen MR) is 208 cm³/mol. The van der Waals surface area contributed by atoms with Gasteiger partial charge in [0.05, 0.1) is 19.3 Å². The van der Waals surface area contributed by atoms with Crippen LogP contribution in [0.5, 0.6) is 0 Å². The molecule has 306 valence electrons. The molecule has 4 N–H and O–H groups in total. The maximum atomic E-state index is 13.5. The number of hydrogen-bond acceptors (Lipinski definition) is 9. The van der Waals surface area contributed by atoms with Crippen molar-refractivity contribution in [2.24, 2.45) is 11.8 Å². The van der Waals surface area contributed by atoms with Crippen molar-refractivity contribution in [3.05, 3.63) is 34.4 Å². The minimum Gasteiger partial charge on any atom is -0.450 e. The van der Waals surface area contributed by atoms with Crippen molar-refractivity contribution in [2.75, 3.05) is 26.3 Å². The number of carbonyl (C=O) groups excluding carboxylic acids is 7. The summed E-state index contributed by atoms with van der Waals surface area (Å²) in [5, 5.41) is 11.3. The van der Waals surface area contributed by atoms with Gasteiger partial charge in [-0.25, -0.2) is 9.59 Å². The summed E-state index contributed by atoms with van der Waals surface area (Å²) in [7, 11) is 0. The monoisotopic (exact) mass is 769 g/mol. The van der Waals surface area contributed by atoms with E-state index >= 15 is 0 Å². The maximum Gasteiger partial charge on any atom is 0.407 e. The molecule has 0 aromatic carbocycles. The summed E-state index contributed by atoms with van der Waals surface area (Å²) in [6.07, 6.45) is 8.63. The normalized spacial score (nSPS) is 18.6.